The molecule has 9 heteroatoms. The Morgan fingerprint density at radius 3 is 2.60 bits per heavy atom. The Hall–Kier alpha value is -3.85. The fraction of sp³-hybridized carbons (Fsp3) is 0.308. The summed E-state index contributed by atoms with van der Waals surface area (Å²) in [7, 11) is 1.79. The molecule has 0 spiro atoms. The summed E-state index contributed by atoms with van der Waals surface area (Å²) in [6.45, 7) is 1.44. The van der Waals surface area contributed by atoms with Crippen molar-refractivity contribution in [2.24, 2.45) is 0 Å². The van der Waals surface area contributed by atoms with Crippen LogP contribution in [0.15, 0.2) is 48.8 Å². The summed E-state index contributed by atoms with van der Waals surface area (Å²) < 4.78 is 16.2. The van der Waals surface area contributed by atoms with Crippen LogP contribution in [0.5, 0.6) is 5.75 Å². The molecular formula is C26H26FN5O3. The number of hydrazine groups is 1. The van der Waals surface area contributed by atoms with E-state index in [1.54, 1.807) is 30.3 Å². The number of carbonyl (C=O) groups is 1. The molecule has 3 aromatic rings. The lowest BCUT2D eigenvalue weighted by atomic mass is 9.96. The van der Waals surface area contributed by atoms with Gasteiger partial charge in [0.05, 0.1) is 24.3 Å². The molecule has 3 aliphatic heterocycles. The fourth-order valence-corrected chi connectivity index (χ4v) is 5.82. The Morgan fingerprint density at radius 1 is 1.14 bits per heavy atom. The standard InChI is InChI=1S/C26H26FN5O3/c1-28-31-13-22-21(23(14-31)30-11-16-6-7-17(12-30)32(16)26(34)35)10-29-25(24(22)27)20-9-18(33)8-15-4-2-3-5-19(15)20/h2-5,8-10,14,16-17,28,33H,6-7,11-13H2,1H3,(H,34,35). The van der Waals surface area contributed by atoms with Crippen LogP contribution in [0.25, 0.3) is 27.7 Å². The molecule has 1 aromatic heterocycles. The molecule has 8 nitrogen and oxygen atoms in total. The Labute approximate surface area is 201 Å². The number of fused-ring (bicyclic) bond motifs is 4. The zero-order valence-corrected chi connectivity index (χ0v) is 19.3. The second-order valence-electron chi connectivity index (χ2n) is 9.37. The van der Waals surface area contributed by atoms with E-state index in [0.717, 1.165) is 29.3 Å². The number of aromatic hydroxyl groups is 1. The molecular weight excluding hydrogens is 449 g/mol. The molecule has 3 aliphatic rings. The Kier molecular flexibility index (Phi) is 5.03. The van der Waals surface area contributed by atoms with Crippen LogP contribution in [0, 0.1) is 5.82 Å². The lowest BCUT2D eigenvalue weighted by Gasteiger charge is -2.43. The topological polar surface area (TPSA) is 92.2 Å². The number of rotatable bonds is 3. The van der Waals surface area contributed by atoms with Gasteiger partial charge in [-0.25, -0.2) is 14.6 Å². The third kappa shape index (κ3) is 3.46. The smallest absolute Gasteiger partial charge is 0.407 e. The zero-order chi connectivity index (χ0) is 24.3. The molecule has 6 rings (SSSR count). The van der Waals surface area contributed by atoms with Gasteiger partial charge in [-0.05, 0) is 35.7 Å². The monoisotopic (exact) mass is 475 g/mol. The predicted octanol–water partition coefficient (Wildman–Crippen LogP) is 3.82. The highest BCUT2D eigenvalue weighted by Crippen LogP contribution is 2.40. The summed E-state index contributed by atoms with van der Waals surface area (Å²) in [4.78, 5) is 20.0. The van der Waals surface area contributed by atoms with Crippen molar-refractivity contribution in [3.63, 3.8) is 0 Å². The van der Waals surface area contributed by atoms with E-state index in [4.69, 9.17) is 0 Å². The van der Waals surface area contributed by atoms with Gasteiger partial charge in [0.2, 0.25) is 0 Å². The first kappa shape index (κ1) is 21.7. The Morgan fingerprint density at radius 2 is 1.89 bits per heavy atom. The number of carboxylic acid groups (broad SMARTS) is 1. The van der Waals surface area contributed by atoms with Crippen LogP contribution in [-0.4, -0.2) is 68.3 Å². The van der Waals surface area contributed by atoms with E-state index in [2.05, 4.69) is 15.3 Å². The maximum absolute atomic E-state index is 16.2. The summed E-state index contributed by atoms with van der Waals surface area (Å²) in [5, 5.41) is 23.4. The Bertz CT molecular complexity index is 1360. The molecule has 2 fully saturated rings. The number of benzene rings is 2. The van der Waals surface area contributed by atoms with Crippen LogP contribution < -0.4 is 5.43 Å². The third-order valence-electron chi connectivity index (χ3n) is 7.44. The van der Waals surface area contributed by atoms with E-state index in [0.29, 0.717) is 36.3 Å². The fourth-order valence-electron chi connectivity index (χ4n) is 5.82. The minimum Gasteiger partial charge on any atom is -0.508 e. The van der Waals surface area contributed by atoms with Gasteiger partial charge in [0.15, 0.2) is 5.82 Å². The second kappa shape index (κ2) is 8.13. The number of halogens is 1. The van der Waals surface area contributed by atoms with E-state index < -0.39 is 11.9 Å². The van der Waals surface area contributed by atoms with Crippen LogP contribution in [0.1, 0.15) is 24.0 Å². The minimum atomic E-state index is -0.872. The number of aromatic nitrogens is 1. The van der Waals surface area contributed by atoms with Crippen molar-refractivity contribution in [1.82, 2.24) is 25.2 Å². The van der Waals surface area contributed by atoms with Gasteiger partial charge in [-0.15, -0.1) is 0 Å². The molecule has 180 valence electrons. The predicted molar refractivity (Wildman–Crippen MR) is 130 cm³/mol. The van der Waals surface area contributed by atoms with E-state index in [1.165, 1.54) is 0 Å². The summed E-state index contributed by atoms with van der Waals surface area (Å²) in [6.07, 6.45) is 4.45. The van der Waals surface area contributed by atoms with E-state index >= 15 is 4.39 Å². The van der Waals surface area contributed by atoms with Crippen molar-refractivity contribution >= 4 is 22.6 Å². The number of hydrogen-bond acceptors (Lipinski definition) is 6. The van der Waals surface area contributed by atoms with Gasteiger partial charge < -0.3 is 20.1 Å². The van der Waals surface area contributed by atoms with Crippen LogP contribution in [-0.2, 0) is 6.54 Å². The quantitative estimate of drug-likeness (QED) is 0.530. The number of likely N-dealkylation sites (tertiary alicyclic amines) is 1. The minimum absolute atomic E-state index is 0.0573. The number of hydrogen-bond donors (Lipinski definition) is 3. The summed E-state index contributed by atoms with van der Waals surface area (Å²) >= 11 is 0. The van der Waals surface area contributed by atoms with E-state index in [1.807, 2.05) is 35.5 Å². The summed E-state index contributed by atoms with van der Waals surface area (Å²) in [5.74, 6) is -0.363. The van der Waals surface area contributed by atoms with Crippen molar-refractivity contribution in [2.45, 2.75) is 31.5 Å². The highest BCUT2D eigenvalue weighted by atomic mass is 19.1. The van der Waals surface area contributed by atoms with E-state index in [-0.39, 0.29) is 23.5 Å². The molecule has 2 aromatic carbocycles. The van der Waals surface area contributed by atoms with Crippen LogP contribution in [0.2, 0.25) is 0 Å². The maximum Gasteiger partial charge on any atom is 0.407 e. The average molecular weight is 476 g/mol. The van der Waals surface area contributed by atoms with Gasteiger partial charge in [0, 0.05) is 49.2 Å². The lowest BCUT2D eigenvalue weighted by molar-refractivity contribution is 0.0818. The van der Waals surface area contributed by atoms with Gasteiger partial charge >= 0.3 is 6.09 Å². The molecule has 1 amide bonds. The summed E-state index contributed by atoms with van der Waals surface area (Å²) in [5.41, 5.74) is 5.91. The number of amides is 1. The van der Waals surface area contributed by atoms with Crippen molar-refractivity contribution in [3.8, 4) is 17.0 Å². The Balaban J connectivity index is 1.43. The SMILES string of the molecule is CNN1C=C(N2CC3CCC(C2)N3C(=O)O)c2cnc(-c3cc(O)cc4ccccc34)c(F)c2C1. The second-order valence-corrected chi connectivity index (χ2v) is 9.37. The van der Waals surface area contributed by atoms with Gasteiger partial charge in [0.1, 0.15) is 11.4 Å². The van der Waals surface area contributed by atoms with Crippen molar-refractivity contribution in [1.29, 1.82) is 0 Å². The number of nitrogens with one attached hydrogen (secondary N) is 1. The highest BCUT2D eigenvalue weighted by Gasteiger charge is 2.44. The first-order chi connectivity index (χ1) is 16.9. The molecule has 0 radical (unpaired) electrons. The molecule has 0 aliphatic carbocycles. The lowest BCUT2D eigenvalue weighted by Crippen LogP contribution is -2.55. The van der Waals surface area contributed by atoms with Gasteiger partial charge in [-0.3, -0.25) is 9.88 Å². The van der Waals surface area contributed by atoms with Crippen molar-refractivity contribution in [2.75, 3.05) is 20.1 Å². The van der Waals surface area contributed by atoms with Crippen molar-refractivity contribution < 1.29 is 19.4 Å². The first-order valence-corrected chi connectivity index (χ1v) is 11.8. The molecule has 2 saturated heterocycles. The zero-order valence-electron chi connectivity index (χ0n) is 19.3. The van der Waals surface area contributed by atoms with Crippen LogP contribution >= 0.6 is 0 Å². The van der Waals surface area contributed by atoms with E-state index in [9.17, 15) is 15.0 Å². The van der Waals surface area contributed by atoms with Crippen LogP contribution in [0.3, 0.4) is 0 Å². The molecule has 3 N–H and O–H groups in total. The number of piperazine rings is 1. The molecule has 4 heterocycles. The third-order valence-corrected chi connectivity index (χ3v) is 7.44. The number of phenolic OH excluding ortho intramolecular Hbond substituents is 1. The molecule has 35 heavy (non-hydrogen) atoms. The van der Waals surface area contributed by atoms with Gasteiger partial charge in [0.25, 0.3) is 0 Å². The van der Waals surface area contributed by atoms with Gasteiger partial charge in [-0.2, -0.15) is 0 Å². The summed E-state index contributed by atoms with van der Waals surface area (Å²) in [6, 6.07) is 10.6. The number of phenols is 1. The largest absolute Gasteiger partial charge is 0.508 e. The normalized spacial score (nSPS) is 21.3. The molecule has 2 atom stereocenters. The first-order valence-electron chi connectivity index (χ1n) is 11.8. The highest BCUT2D eigenvalue weighted by molar-refractivity contribution is 5.97. The maximum atomic E-state index is 16.2. The number of pyridine rings is 1. The molecule has 0 saturated carbocycles. The average Bonchev–Trinajstić information content (AvgIpc) is 3.13. The number of nitrogens with zero attached hydrogens (tertiary/aromatic N) is 4. The molecule has 2 bridgehead atoms. The van der Waals surface area contributed by atoms with Crippen LogP contribution in [0.4, 0.5) is 9.18 Å². The van der Waals surface area contributed by atoms with Crippen molar-refractivity contribution in [3.05, 3.63) is 65.7 Å². The molecule has 2 unspecified atom stereocenters. The van der Waals surface area contributed by atoms with Gasteiger partial charge in [-0.1, -0.05) is 24.3 Å².